The summed E-state index contributed by atoms with van der Waals surface area (Å²) >= 11 is 0. The summed E-state index contributed by atoms with van der Waals surface area (Å²) in [6.07, 6.45) is 0.824. The molecule has 76 valence electrons. The molecule has 0 radical (unpaired) electrons. The zero-order valence-electron chi connectivity index (χ0n) is 8.84. The summed E-state index contributed by atoms with van der Waals surface area (Å²) in [5, 5.41) is 10.4. The molecule has 0 fully saturated rings. The van der Waals surface area contributed by atoms with E-state index in [1.165, 1.54) is 0 Å². The van der Waals surface area contributed by atoms with Crippen molar-refractivity contribution in [1.82, 2.24) is 0 Å². The SMILES string of the molecule is O=C1OC(Cc2ccccc2)=NC1=C[O-].[Na+]. The second-order valence-electron chi connectivity index (χ2n) is 3.06. The van der Waals surface area contributed by atoms with Gasteiger partial charge in [0.2, 0.25) is 5.90 Å². The van der Waals surface area contributed by atoms with Gasteiger partial charge in [0.25, 0.3) is 0 Å². The average Bonchev–Trinajstić information content (AvgIpc) is 2.60. The predicted molar refractivity (Wildman–Crippen MR) is 51.8 cm³/mol. The maximum Gasteiger partial charge on any atom is 1.00 e. The van der Waals surface area contributed by atoms with Crippen LogP contribution in [-0.4, -0.2) is 11.9 Å². The van der Waals surface area contributed by atoms with Gasteiger partial charge in [0, 0.05) is 6.42 Å². The van der Waals surface area contributed by atoms with Crippen molar-refractivity contribution in [3.05, 3.63) is 47.9 Å². The van der Waals surface area contributed by atoms with E-state index >= 15 is 0 Å². The molecule has 1 heterocycles. The molecule has 0 bridgehead atoms. The molecule has 1 aromatic carbocycles. The maximum atomic E-state index is 11.0. The molecule has 0 N–H and O–H groups in total. The summed E-state index contributed by atoms with van der Waals surface area (Å²) in [6.45, 7) is 0. The van der Waals surface area contributed by atoms with E-state index in [1.807, 2.05) is 30.3 Å². The van der Waals surface area contributed by atoms with Gasteiger partial charge >= 0.3 is 35.5 Å². The number of carbonyl (C=O) groups is 1. The monoisotopic (exact) mass is 225 g/mol. The molecule has 0 aromatic heterocycles. The summed E-state index contributed by atoms with van der Waals surface area (Å²) in [5.41, 5.74) is 0.817. The van der Waals surface area contributed by atoms with Gasteiger partial charge in [-0.3, -0.25) is 0 Å². The number of benzene rings is 1. The Morgan fingerprint density at radius 2 is 2.00 bits per heavy atom. The largest absolute Gasteiger partial charge is 1.00 e. The first-order valence-electron chi connectivity index (χ1n) is 4.45. The van der Waals surface area contributed by atoms with Crippen molar-refractivity contribution in [2.75, 3.05) is 0 Å². The van der Waals surface area contributed by atoms with Crippen LogP contribution in [0.4, 0.5) is 0 Å². The van der Waals surface area contributed by atoms with E-state index in [2.05, 4.69) is 4.99 Å². The number of nitrogens with zero attached hydrogens (tertiary/aromatic N) is 1. The van der Waals surface area contributed by atoms with Crippen molar-refractivity contribution in [3.8, 4) is 0 Å². The van der Waals surface area contributed by atoms with Gasteiger partial charge < -0.3 is 9.84 Å². The third-order valence-electron chi connectivity index (χ3n) is 1.97. The van der Waals surface area contributed by atoms with Gasteiger partial charge in [0.05, 0.1) is 0 Å². The number of rotatable bonds is 2. The molecule has 2 rings (SSSR count). The van der Waals surface area contributed by atoms with Gasteiger partial charge in [-0.25, -0.2) is 9.79 Å². The van der Waals surface area contributed by atoms with Crippen molar-refractivity contribution in [1.29, 1.82) is 0 Å². The molecule has 0 atom stereocenters. The summed E-state index contributed by atoms with van der Waals surface area (Å²) in [6, 6.07) is 9.47. The Balaban J connectivity index is 0.00000128. The van der Waals surface area contributed by atoms with Crippen LogP contribution >= 0.6 is 0 Å². The molecule has 5 heteroatoms. The molecular weight excluding hydrogens is 217 g/mol. The van der Waals surface area contributed by atoms with Crippen LogP contribution in [0.15, 0.2) is 47.3 Å². The van der Waals surface area contributed by atoms with Crippen LogP contribution in [0.2, 0.25) is 0 Å². The number of ether oxygens (including phenoxy) is 1. The Morgan fingerprint density at radius 1 is 1.31 bits per heavy atom. The van der Waals surface area contributed by atoms with E-state index in [9.17, 15) is 9.90 Å². The van der Waals surface area contributed by atoms with E-state index in [4.69, 9.17) is 4.74 Å². The van der Waals surface area contributed by atoms with Crippen LogP contribution < -0.4 is 34.7 Å². The quantitative estimate of drug-likeness (QED) is 0.240. The fourth-order valence-corrected chi connectivity index (χ4v) is 1.28. The summed E-state index contributed by atoms with van der Waals surface area (Å²) in [7, 11) is 0. The fraction of sp³-hybridized carbons (Fsp3) is 0.0909. The molecular formula is C11H8NNaO3. The van der Waals surface area contributed by atoms with Gasteiger partial charge in [0.15, 0.2) is 0 Å². The third kappa shape index (κ3) is 2.95. The fourth-order valence-electron chi connectivity index (χ4n) is 1.28. The Kier molecular flexibility index (Phi) is 4.73. The van der Waals surface area contributed by atoms with Crippen LogP contribution in [0.25, 0.3) is 0 Å². The number of hydrogen-bond donors (Lipinski definition) is 0. The van der Waals surface area contributed by atoms with Crippen LogP contribution in [0.1, 0.15) is 5.56 Å². The van der Waals surface area contributed by atoms with Gasteiger partial charge in [-0.05, 0) is 5.56 Å². The van der Waals surface area contributed by atoms with E-state index < -0.39 is 5.97 Å². The second-order valence-corrected chi connectivity index (χ2v) is 3.06. The number of carbonyl (C=O) groups excluding carboxylic acids is 1. The van der Waals surface area contributed by atoms with E-state index in [-0.39, 0.29) is 41.2 Å². The van der Waals surface area contributed by atoms with Crippen LogP contribution in [0.5, 0.6) is 0 Å². The number of hydrogen-bond acceptors (Lipinski definition) is 4. The summed E-state index contributed by atoms with van der Waals surface area (Å²) in [4.78, 5) is 14.8. The topological polar surface area (TPSA) is 61.7 Å². The van der Waals surface area contributed by atoms with Crippen LogP contribution in [0, 0.1) is 0 Å². The average molecular weight is 225 g/mol. The second kappa shape index (κ2) is 5.84. The molecule has 16 heavy (non-hydrogen) atoms. The molecule has 1 aliphatic heterocycles. The first-order chi connectivity index (χ1) is 7.29. The minimum atomic E-state index is -0.670. The molecule has 0 aliphatic carbocycles. The van der Waals surface area contributed by atoms with Gasteiger partial charge in [-0.1, -0.05) is 30.3 Å². The minimum Gasteiger partial charge on any atom is -0.876 e. The van der Waals surface area contributed by atoms with Crippen molar-refractivity contribution in [3.63, 3.8) is 0 Å². The minimum absolute atomic E-state index is 0. The zero-order chi connectivity index (χ0) is 10.7. The third-order valence-corrected chi connectivity index (χ3v) is 1.97. The standard InChI is InChI=1S/C11H9NO3.Na/c13-7-9-11(14)15-10(12-9)6-8-4-2-1-3-5-8;/h1-5,7,13H,6H2;/q;+1/p-1. The molecule has 0 saturated heterocycles. The zero-order valence-corrected chi connectivity index (χ0v) is 10.8. The Bertz CT molecular complexity index is 440. The van der Waals surface area contributed by atoms with Gasteiger partial charge in [-0.15, -0.1) is 6.26 Å². The number of cyclic esters (lactones) is 1. The smallest absolute Gasteiger partial charge is 0.876 e. The number of aliphatic imine (C=N–C) groups is 1. The molecule has 0 unspecified atom stereocenters. The molecule has 0 saturated carbocycles. The van der Waals surface area contributed by atoms with Gasteiger partial charge in [-0.2, -0.15) is 0 Å². The van der Waals surface area contributed by atoms with Crippen molar-refractivity contribution >= 4 is 11.9 Å². The molecule has 4 nitrogen and oxygen atoms in total. The van der Waals surface area contributed by atoms with Crippen molar-refractivity contribution < 1.29 is 44.2 Å². The summed E-state index contributed by atoms with van der Waals surface area (Å²) in [5.74, 6) is -0.399. The Hall–Kier alpha value is -1.10. The number of esters is 1. The van der Waals surface area contributed by atoms with Crippen LogP contribution in [-0.2, 0) is 16.0 Å². The van der Waals surface area contributed by atoms with E-state index in [1.54, 1.807) is 0 Å². The van der Waals surface area contributed by atoms with Crippen molar-refractivity contribution in [2.45, 2.75) is 6.42 Å². The van der Waals surface area contributed by atoms with Gasteiger partial charge in [0.1, 0.15) is 5.70 Å². The molecule has 1 aromatic rings. The normalized spacial score (nSPS) is 16.6. The first-order valence-corrected chi connectivity index (χ1v) is 4.45. The predicted octanol–water partition coefficient (Wildman–Crippen LogP) is -2.61. The van der Waals surface area contributed by atoms with Crippen LogP contribution in [0.3, 0.4) is 0 Å². The Labute approximate surface area is 115 Å². The molecule has 1 aliphatic rings. The summed E-state index contributed by atoms with van der Waals surface area (Å²) < 4.78 is 4.81. The molecule has 0 amide bonds. The maximum absolute atomic E-state index is 11.0. The van der Waals surface area contributed by atoms with E-state index in [0.717, 1.165) is 5.56 Å². The van der Waals surface area contributed by atoms with E-state index in [0.29, 0.717) is 12.7 Å². The van der Waals surface area contributed by atoms with Crippen molar-refractivity contribution in [2.24, 2.45) is 4.99 Å². The molecule has 0 spiro atoms. The Morgan fingerprint density at radius 3 is 2.56 bits per heavy atom. The first kappa shape index (κ1) is 13.0.